The van der Waals surface area contributed by atoms with E-state index in [4.69, 9.17) is 0 Å². The zero-order valence-electron chi connectivity index (χ0n) is 5.16. The predicted octanol–water partition coefficient (Wildman–Crippen LogP) is -2.86. The molecule has 0 aliphatic rings. The zero-order valence-corrected chi connectivity index (χ0v) is 5.16. The van der Waals surface area contributed by atoms with Crippen molar-refractivity contribution >= 4 is 11.9 Å². The Hall–Kier alpha value is -1.85. The SMILES string of the molecule is O=C([O-])c1cnc(C(=O)[O-])[nH]1. The number of aromatic carboxylic acids is 2. The number of carboxylic acids is 2. The summed E-state index contributed by atoms with van der Waals surface area (Å²) in [7, 11) is 0. The van der Waals surface area contributed by atoms with Gasteiger partial charge in [-0.25, -0.2) is 4.98 Å². The van der Waals surface area contributed by atoms with Crippen LogP contribution in [0.5, 0.6) is 0 Å². The summed E-state index contributed by atoms with van der Waals surface area (Å²) in [6.45, 7) is 0. The van der Waals surface area contributed by atoms with E-state index in [1.807, 2.05) is 4.98 Å². The van der Waals surface area contributed by atoms with E-state index >= 15 is 0 Å². The molecule has 0 saturated carbocycles. The lowest BCUT2D eigenvalue weighted by Gasteiger charge is -1.96. The predicted molar refractivity (Wildman–Crippen MR) is 27.2 cm³/mol. The minimum atomic E-state index is -1.56. The third-order valence-electron chi connectivity index (χ3n) is 0.989. The maximum absolute atomic E-state index is 10.0. The quantitative estimate of drug-likeness (QED) is 0.492. The normalized spacial score (nSPS) is 9.45. The Bertz CT molecular complexity index is 275. The molecule has 1 heterocycles. The van der Waals surface area contributed by atoms with Crippen LogP contribution < -0.4 is 10.2 Å². The Labute approximate surface area is 60.5 Å². The van der Waals surface area contributed by atoms with Gasteiger partial charge in [0.2, 0.25) is 0 Å². The molecule has 1 aromatic rings. The number of H-pyrrole nitrogens is 1. The molecule has 0 amide bonds. The van der Waals surface area contributed by atoms with Crippen molar-refractivity contribution in [1.82, 2.24) is 9.97 Å². The molecule has 0 unspecified atom stereocenters. The van der Waals surface area contributed by atoms with E-state index in [2.05, 4.69) is 4.98 Å². The number of carbonyl (C=O) groups excluding carboxylic acids is 2. The van der Waals surface area contributed by atoms with Crippen LogP contribution in [0.1, 0.15) is 21.1 Å². The third-order valence-corrected chi connectivity index (χ3v) is 0.989. The Kier molecular flexibility index (Phi) is 1.59. The van der Waals surface area contributed by atoms with Crippen LogP contribution >= 0.6 is 0 Å². The zero-order chi connectivity index (χ0) is 8.43. The number of carboxylic acid groups (broad SMARTS) is 2. The van der Waals surface area contributed by atoms with Gasteiger partial charge in [-0.3, -0.25) is 0 Å². The van der Waals surface area contributed by atoms with Gasteiger partial charge < -0.3 is 24.8 Å². The van der Waals surface area contributed by atoms with Crippen molar-refractivity contribution in [2.45, 2.75) is 0 Å². The topological polar surface area (TPSA) is 109 Å². The fourth-order valence-corrected chi connectivity index (χ4v) is 0.529. The molecule has 0 saturated heterocycles. The van der Waals surface area contributed by atoms with Crippen LogP contribution in [-0.4, -0.2) is 21.9 Å². The first-order valence-electron chi connectivity index (χ1n) is 2.59. The fraction of sp³-hybridized carbons (Fsp3) is 0. The second-order valence-corrected chi connectivity index (χ2v) is 1.72. The van der Waals surface area contributed by atoms with Crippen LogP contribution in [0.4, 0.5) is 0 Å². The summed E-state index contributed by atoms with van der Waals surface area (Å²) in [6, 6.07) is 0. The molecular formula is C5H2N2O4-2. The molecule has 0 aliphatic carbocycles. The Morgan fingerprint density at radius 2 is 2.00 bits per heavy atom. The highest BCUT2D eigenvalue weighted by Crippen LogP contribution is 1.93. The van der Waals surface area contributed by atoms with Gasteiger partial charge in [-0.1, -0.05) is 0 Å². The number of carbonyl (C=O) groups is 2. The van der Waals surface area contributed by atoms with E-state index in [1.54, 1.807) is 0 Å². The monoisotopic (exact) mass is 154 g/mol. The number of hydrogen-bond donors (Lipinski definition) is 1. The van der Waals surface area contributed by atoms with Crippen LogP contribution in [-0.2, 0) is 0 Å². The van der Waals surface area contributed by atoms with E-state index in [-0.39, 0.29) is 5.69 Å². The van der Waals surface area contributed by atoms with Gasteiger partial charge in [0.1, 0.15) is 5.97 Å². The molecule has 1 N–H and O–H groups in total. The number of nitrogens with one attached hydrogen (secondary N) is 1. The first-order chi connectivity index (χ1) is 5.11. The number of nitrogens with zero attached hydrogens (tertiary/aromatic N) is 1. The van der Waals surface area contributed by atoms with Gasteiger partial charge in [-0.2, -0.15) is 0 Å². The lowest BCUT2D eigenvalue weighted by atomic mass is 10.5. The molecule has 1 aromatic heterocycles. The summed E-state index contributed by atoms with van der Waals surface area (Å²) >= 11 is 0. The van der Waals surface area contributed by atoms with Crippen LogP contribution in [0.25, 0.3) is 0 Å². The first-order valence-corrected chi connectivity index (χ1v) is 2.59. The van der Waals surface area contributed by atoms with E-state index in [9.17, 15) is 19.8 Å². The molecule has 6 heteroatoms. The number of aromatic nitrogens is 2. The van der Waals surface area contributed by atoms with E-state index in [0.29, 0.717) is 0 Å². The van der Waals surface area contributed by atoms with E-state index < -0.39 is 17.8 Å². The Balaban J connectivity index is 2.99. The summed E-state index contributed by atoms with van der Waals surface area (Å²) in [4.78, 5) is 25.2. The molecule has 58 valence electrons. The highest BCUT2D eigenvalue weighted by atomic mass is 16.4. The summed E-state index contributed by atoms with van der Waals surface area (Å²) in [5.74, 6) is -3.59. The fourth-order valence-electron chi connectivity index (χ4n) is 0.529. The molecule has 0 aromatic carbocycles. The average molecular weight is 154 g/mol. The lowest BCUT2D eigenvalue weighted by Crippen LogP contribution is -2.25. The highest BCUT2D eigenvalue weighted by Gasteiger charge is 2.00. The largest absolute Gasteiger partial charge is 0.543 e. The van der Waals surface area contributed by atoms with Crippen molar-refractivity contribution in [3.05, 3.63) is 17.7 Å². The van der Waals surface area contributed by atoms with Crippen molar-refractivity contribution in [3.63, 3.8) is 0 Å². The summed E-state index contributed by atoms with van der Waals surface area (Å²) in [5, 5.41) is 20.1. The van der Waals surface area contributed by atoms with Crippen molar-refractivity contribution in [3.8, 4) is 0 Å². The molecule has 0 aliphatic heterocycles. The molecule has 11 heavy (non-hydrogen) atoms. The van der Waals surface area contributed by atoms with Gasteiger partial charge in [-0.15, -0.1) is 0 Å². The smallest absolute Gasteiger partial charge is 0.153 e. The molecule has 0 bridgehead atoms. The molecule has 0 fully saturated rings. The van der Waals surface area contributed by atoms with Gasteiger partial charge >= 0.3 is 0 Å². The van der Waals surface area contributed by atoms with Crippen LogP contribution in [0.3, 0.4) is 0 Å². The highest BCUT2D eigenvalue weighted by molar-refractivity contribution is 5.87. The van der Waals surface area contributed by atoms with Gasteiger partial charge in [-0.05, 0) is 0 Å². The summed E-state index contributed by atoms with van der Waals surface area (Å²) in [6.07, 6.45) is 0.848. The Morgan fingerprint density at radius 3 is 2.27 bits per heavy atom. The standard InChI is InChI=1S/C5H4N2O4/c8-4(9)2-1-6-3(7-2)5(10)11/h1H,(H,6,7)(H,8,9)(H,10,11)/p-2. The number of imidazole rings is 1. The lowest BCUT2D eigenvalue weighted by molar-refractivity contribution is -0.256. The van der Waals surface area contributed by atoms with Crippen molar-refractivity contribution in [1.29, 1.82) is 0 Å². The van der Waals surface area contributed by atoms with Crippen molar-refractivity contribution in [2.24, 2.45) is 0 Å². The van der Waals surface area contributed by atoms with Gasteiger partial charge in [0, 0.05) is 0 Å². The number of rotatable bonds is 2. The minimum absolute atomic E-state index is 0.385. The number of aromatic amines is 1. The van der Waals surface area contributed by atoms with E-state index in [1.165, 1.54) is 0 Å². The first kappa shape index (κ1) is 7.26. The van der Waals surface area contributed by atoms with Crippen molar-refractivity contribution < 1.29 is 19.8 Å². The van der Waals surface area contributed by atoms with Gasteiger partial charge in [0.15, 0.2) is 5.82 Å². The molecule has 1 rings (SSSR count). The molecule has 0 radical (unpaired) electrons. The maximum Gasteiger partial charge on any atom is 0.153 e. The van der Waals surface area contributed by atoms with Gasteiger partial charge in [0.05, 0.1) is 17.9 Å². The van der Waals surface area contributed by atoms with Crippen LogP contribution in [0.15, 0.2) is 6.20 Å². The Morgan fingerprint density at radius 1 is 1.36 bits per heavy atom. The molecular weight excluding hydrogens is 152 g/mol. The van der Waals surface area contributed by atoms with Gasteiger partial charge in [0.25, 0.3) is 0 Å². The second-order valence-electron chi connectivity index (χ2n) is 1.72. The molecule has 0 spiro atoms. The van der Waals surface area contributed by atoms with Crippen molar-refractivity contribution in [2.75, 3.05) is 0 Å². The number of hydrogen-bond acceptors (Lipinski definition) is 5. The average Bonchev–Trinajstić information content (AvgIpc) is 2.33. The second kappa shape index (κ2) is 2.41. The summed E-state index contributed by atoms with van der Waals surface area (Å²) in [5.41, 5.74) is -0.385. The van der Waals surface area contributed by atoms with Crippen LogP contribution in [0.2, 0.25) is 0 Å². The van der Waals surface area contributed by atoms with Crippen LogP contribution in [0, 0.1) is 0 Å². The van der Waals surface area contributed by atoms with E-state index in [0.717, 1.165) is 6.20 Å². The maximum atomic E-state index is 10.0. The third kappa shape index (κ3) is 1.34. The molecule has 6 nitrogen and oxygen atoms in total. The molecule has 0 atom stereocenters. The minimum Gasteiger partial charge on any atom is -0.543 e. The summed E-state index contributed by atoms with van der Waals surface area (Å²) < 4.78 is 0.